The van der Waals surface area contributed by atoms with Crippen LogP contribution in [0, 0.1) is 0 Å². The number of nitrogens with one attached hydrogen (secondary N) is 1. The van der Waals surface area contributed by atoms with Crippen LogP contribution in [0.4, 0.5) is 0 Å². The van der Waals surface area contributed by atoms with Crippen LogP contribution in [-0.2, 0) is 9.53 Å². The first kappa shape index (κ1) is 14.4. The molecule has 22 heavy (non-hydrogen) atoms. The van der Waals surface area contributed by atoms with E-state index in [-0.39, 0.29) is 5.97 Å². The van der Waals surface area contributed by atoms with Crippen LogP contribution in [0.5, 0.6) is 0 Å². The first-order chi connectivity index (χ1) is 10.6. The number of esters is 1. The third kappa shape index (κ3) is 3.03. The summed E-state index contributed by atoms with van der Waals surface area (Å²) in [4.78, 5) is 12.0. The average molecular weight is 293 g/mol. The molecule has 1 atom stereocenters. The maximum Gasteiger partial charge on any atom is 0.356 e. The summed E-state index contributed by atoms with van der Waals surface area (Å²) in [5.74, 6) is 0.181. The summed E-state index contributed by atoms with van der Waals surface area (Å²) < 4.78 is 5.38. The van der Waals surface area contributed by atoms with Crippen LogP contribution in [0.25, 0.3) is 6.08 Å². The smallest absolute Gasteiger partial charge is 0.356 e. The van der Waals surface area contributed by atoms with Gasteiger partial charge in [0, 0.05) is 5.56 Å². The first-order valence-corrected chi connectivity index (χ1v) is 7.47. The van der Waals surface area contributed by atoms with Crippen molar-refractivity contribution in [2.45, 2.75) is 26.0 Å². The molecular weight excluding hydrogens is 274 g/mol. The van der Waals surface area contributed by atoms with Gasteiger partial charge >= 0.3 is 5.97 Å². The molecule has 3 heteroatoms. The number of carbonyl (C=O) groups excluding carboxylic acids is 1. The quantitative estimate of drug-likeness (QED) is 0.686. The van der Waals surface area contributed by atoms with Crippen LogP contribution in [0.15, 0.2) is 60.3 Å². The Balaban J connectivity index is 1.78. The van der Waals surface area contributed by atoms with E-state index in [4.69, 9.17) is 4.74 Å². The van der Waals surface area contributed by atoms with Gasteiger partial charge in [-0.25, -0.2) is 4.79 Å². The van der Waals surface area contributed by atoms with Crippen LogP contribution in [0.1, 0.15) is 42.7 Å². The lowest BCUT2D eigenvalue weighted by molar-refractivity contribution is -0.139. The van der Waals surface area contributed by atoms with Gasteiger partial charge in [0.1, 0.15) is 5.70 Å². The van der Waals surface area contributed by atoms with E-state index in [0.717, 1.165) is 11.1 Å². The van der Waals surface area contributed by atoms with Gasteiger partial charge in [-0.2, -0.15) is 0 Å². The third-order valence-electron chi connectivity index (χ3n) is 3.75. The number of benzene rings is 2. The van der Waals surface area contributed by atoms with Gasteiger partial charge in [0.25, 0.3) is 0 Å². The topological polar surface area (TPSA) is 38.3 Å². The number of carbonyl (C=O) groups is 1. The molecule has 0 aromatic heterocycles. The summed E-state index contributed by atoms with van der Waals surface area (Å²) in [7, 11) is 0. The third-order valence-corrected chi connectivity index (χ3v) is 3.75. The van der Waals surface area contributed by atoms with Crippen molar-refractivity contribution in [2.75, 3.05) is 0 Å². The molecule has 1 unspecified atom stereocenters. The number of ether oxygens (including phenoxy) is 1. The molecule has 1 aliphatic heterocycles. The summed E-state index contributed by atoms with van der Waals surface area (Å²) in [6, 6.07) is 17.9. The highest BCUT2D eigenvalue weighted by Crippen LogP contribution is 2.24. The minimum atomic E-state index is -0.408. The van der Waals surface area contributed by atoms with E-state index in [2.05, 4.69) is 31.3 Å². The van der Waals surface area contributed by atoms with Crippen LogP contribution in [-0.4, -0.2) is 5.97 Å². The highest BCUT2D eigenvalue weighted by molar-refractivity contribution is 5.94. The fourth-order valence-corrected chi connectivity index (χ4v) is 2.42. The van der Waals surface area contributed by atoms with Gasteiger partial charge in [-0.05, 0) is 23.1 Å². The predicted molar refractivity (Wildman–Crippen MR) is 86.9 cm³/mol. The van der Waals surface area contributed by atoms with Crippen molar-refractivity contribution in [3.05, 3.63) is 77.0 Å². The zero-order chi connectivity index (χ0) is 15.5. The van der Waals surface area contributed by atoms with Gasteiger partial charge in [0.15, 0.2) is 6.23 Å². The number of hydrogen-bond donors (Lipinski definition) is 1. The SMILES string of the molecule is CC(C)c1ccc(/C=C2\NC(c3ccccc3)OC2=O)cc1. The molecule has 1 N–H and O–H groups in total. The van der Waals surface area contributed by atoms with Crippen molar-refractivity contribution in [1.29, 1.82) is 0 Å². The Morgan fingerprint density at radius 1 is 1.05 bits per heavy atom. The van der Waals surface area contributed by atoms with E-state index in [1.165, 1.54) is 5.56 Å². The van der Waals surface area contributed by atoms with Crippen LogP contribution >= 0.6 is 0 Å². The van der Waals surface area contributed by atoms with E-state index in [1.807, 2.05) is 48.5 Å². The van der Waals surface area contributed by atoms with Crippen molar-refractivity contribution in [3.63, 3.8) is 0 Å². The normalized spacial score (nSPS) is 19.3. The van der Waals surface area contributed by atoms with Crippen LogP contribution in [0.3, 0.4) is 0 Å². The van der Waals surface area contributed by atoms with Gasteiger partial charge in [0.2, 0.25) is 0 Å². The molecule has 0 saturated carbocycles. The second-order valence-corrected chi connectivity index (χ2v) is 5.72. The molecule has 1 fully saturated rings. The Morgan fingerprint density at radius 3 is 2.36 bits per heavy atom. The molecule has 1 heterocycles. The molecule has 2 aromatic rings. The summed E-state index contributed by atoms with van der Waals surface area (Å²) in [6.45, 7) is 4.32. The molecular formula is C19H19NO2. The van der Waals surface area contributed by atoms with Crippen molar-refractivity contribution in [3.8, 4) is 0 Å². The first-order valence-electron chi connectivity index (χ1n) is 7.47. The fourth-order valence-electron chi connectivity index (χ4n) is 2.42. The van der Waals surface area contributed by atoms with Gasteiger partial charge in [0.05, 0.1) is 0 Å². The monoisotopic (exact) mass is 293 g/mol. The van der Waals surface area contributed by atoms with E-state index >= 15 is 0 Å². The second-order valence-electron chi connectivity index (χ2n) is 5.72. The highest BCUT2D eigenvalue weighted by atomic mass is 16.6. The summed E-state index contributed by atoms with van der Waals surface area (Å²) in [5.41, 5.74) is 3.70. The minimum absolute atomic E-state index is 0.318. The summed E-state index contributed by atoms with van der Waals surface area (Å²) in [5, 5.41) is 3.13. The lowest BCUT2D eigenvalue weighted by atomic mass is 10.0. The molecule has 0 amide bonds. The second kappa shape index (κ2) is 6.06. The number of rotatable bonds is 3. The molecule has 0 aliphatic carbocycles. The number of cyclic esters (lactones) is 1. The van der Waals surface area contributed by atoms with Crippen molar-refractivity contribution in [2.24, 2.45) is 0 Å². The van der Waals surface area contributed by atoms with Crippen LogP contribution in [0.2, 0.25) is 0 Å². The van der Waals surface area contributed by atoms with E-state index in [9.17, 15) is 4.79 Å². The molecule has 3 rings (SSSR count). The predicted octanol–water partition coefficient (Wildman–Crippen LogP) is 4.00. The van der Waals surface area contributed by atoms with E-state index < -0.39 is 6.23 Å². The fraction of sp³-hybridized carbons (Fsp3) is 0.211. The maximum absolute atomic E-state index is 12.0. The molecule has 1 saturated heterocycles. The Kier molecular flexibility index (Phi) is 3.96. The lowest BCUT2D eigenvalue weighted by Crippen LogP contribution is -2.12. The minimum Gasteiger partial charge on any atom is -0.433 e. The Hall–Kier alpha value is -2.55. The average Bonchev–Trinajstić information content (AvgIpc) is 2.90. The zero-order valence-corrected chi connectivity index (χ0v) is 12.7. The molecule has 0 spiro atoms. The van der Waals surface area contributed by atoms with Crippen molar-refractivity contribution >= 4 is 12.0 Å². The van der Waals surface area contributed by atoms with Gasteiger partial charge in [-0.3, -0.25) is 0 Å². The van der Waals surface area contributed by atoms with Gasteiger partial charge in [-0.15, -0.1) is 0 Å². The molecule has 112 valence electrons. The Morgan fingerprint density at radius 2 is 1.73 bits per heavy atom. The van der Waals surface area contributed by atoms with Crippen molar-refractivity contribution in [1.82, 2.24) is 5.32 Å². The molecule has 1 aliphatic rings. The Labute approximate surface area is 130 Å². The van der Waals surface area contributed by atoms with E-state index in [0.29, 0.717) is 11.6 Å². The standard InChI is InChI=1S/C19H19NO2/c1-13(2)15-10-8-14(9-11-15)12-17-19(21)22-18(20-17)16-6-4-3-5-7-16/h3-13,18,20H,1-2H3/b17-12-. The Bertz CT molecular complexity index is 687. The zero-order valence-electron chi connectivity index (χ0n) is 12.7. The molecule has 0 radical (unpaired) electrons. The molecule has 0 bridgehead atoms. The number of hydrogen-bond acceptors (Lipinski definition) is 3. The highest BCUT2D eigenvalue weighted by Gasteiger charge is 2.28. The summed E-state index contributed by atoms with van der Waals surface area (Å²) >= 11 is 0. The lowest BCUT2D eigenvalue weighted by Gasteiger charge is -2.09. The van der Waals surface area contributed by atoms with Crippen molar-refractivity contribution < 1.29 is 9.53 Å². The molecule has 2 aromatic carbocycles. The van der Waals surface area contributed by atoms with Gasteiger partial charge < -0.3 is 10.1 Å². The largest absolute Gasteiger partial charge is 0.433 e. The summed E-state index contributed by atoms with van der Waals surface area (Å²) in [6.07, 6.45) is 1.42. The van der Waals surface area contributed by atoms with Crippen LogP contribution < -0.4 is 5.32 Å². The van der Waals surface area contributed by atoms with E-state index in [1.54, 1.807) is 0 Å². The maximum atomic E-state index is 12.0. The van der Waals surface area contributed by atoms with Gasteiger partial charge in [-0.1, -0.05) is 68.4 Å². The molecule has 3 nitrogen and oxygen atoms in total.